The van der Waals surface area contributed by atoms with Crippen molar-refractivity contribution in [2.75, 3.05) is 6.54 Å². The van der Waals surface area contributed by atoms with Gasteiger partial charge in [-0.05, 0) is 30.7 Å². The highest BCUT2D eigenvalue weighted by Gasteiger charge is 2.33. The Morgan fingerprint density at radius 3 is 2.79 bits per heavy atom. The van der Waals surface area contributed by atoms with E-state index in [1.54, 1.807) is 0 Å². The van der Waals surface area contributed by atoms with E-state index in [2.05, 4.69) is 51.1 Å². The van der Waals surface area contributed by atoms with Gasteiger partial charge in [0.15, 0.2) is 0 Å². The minimum atomic E-state index is 0.323. The van der Waals surface area contributed by atoms with Gasteiger partial charge in [-0.3, -0.25) is 0 Å². The van der Waals surface area contributed by atoms with Crippen molar-refractivity contribution in [2.24, 2.45) is 11.3 Å². The molecule has 3 nitrogen and oxygen atoms in total. The van der Waals surface area contributed by atoms with Crippen LogP contribution in [0.2, 0.25) is 0 Å². The summed E-state index contributed by atoms with van der Waals surface area (Å²) in [6.07, 6.45) is 5.26. The Hall–Kier alpha value is -0.960. The molecule has 0 aliphatic heterocycles. The van der Waals surface area contributed by atoms with E-state index < -0.39 is 0 Å². The second kappa shape index (κ2) is 5.58. The van der Waals surface area contributed by atoms with Gasteiger partial charge in [0, 0.05) is 29.9 Å². The third kappa shape index (κ3) is 3.53. The molecule has 1 aromatic heterocycles. The van der Waals surface area contributed by atoms with Crippen LogP contribution in [0.15, 0.2) is 6.20 Å². The van der Waals surface area contributed by atoms with E-state index in [0.717, 1.165) is 25.2 Å². The quantitative estimate of drug-likeness (QED) is 0.903. The molecule has 1 aliphatic rings. The van der Waals surface area contributed by atoms with Crippen LogP contribution in [0.4, 0.5) is 0 Å². The van der Waals surface area contributed by atoms with Crippen LogP contribution in [-0.4, -0.2) is 16.5 Å². The number of hydrogen-bond acceptors (Lipinski definition) is 3. The first-order valence-electron chi connectivity index (χ1n) is 7.49. The van der Waals surface area contributed by atoms with Crippen molar-refractivity contribution in [2.45, 2.75) is 59.9 Å². The van der Waals surface area contributed by atoms with E-state index in [9.17, 15) is 0 Å². The number of nitrogens with one attached hydrogen (secondary N) is 1. The van der Waals surface area contributed by atoms with Crippen LogP contribution in [0.3, 0.4) is 0 Å². The Balaban J connectivity index is 2.31. The summed E-state index contributed by atoms with van der Waals surface area (Å²) >= 11 is 0. The van der Waals surface area contributed by atoms with Crippen molar-refractivity contribution in [3.8, 4) is 0 Å². The van der Waals surface area contributed by atoms with Crippen LogP contribution < -0.4 is 5.32 Å². The van der Waals surface area contributed by atoms with Gasteiger partial charge < -0.3 is 5.32 Å². The Labute approximate surface area is 117 Å². The summed E-state index contributed by atoms with van der Waals surface area (Å²) in [6.45, 7) is 12.3. The molecule has 0 radical (unpaired) electrons. The zero-order chi connectivity index (χ0) is 14.0. The third-order valence-corrected chi connectivity index (χ3v) is 3.77. The summed E-state index contributed by atoms with van der Waals surface area (Å²) in [5, 5.41) is 3.58. The lowest BCUT2D eigenvalue weighted by atomic mass is 9.74. The van der Waals surface area contributed by atoms with Crippen molar-refractivity contribution in [3.63, 3.8) is 0 Å². The SMILES string of the molecule is CCNC1CC(C)(C)Cc2nc(CC(C)C)ncc21. The average molecular weight is 261 g/mol. The summed E-state index contributed by atoms with van der Waals surface area (Å²) in [4.78, 5) is 9.39. The molecule has 0 fully saturated rings. The van der Waals surface area contributed by atoms with Gasteiger partial charge in [-0.15, -0.1) is 0 Å². The van der Waals surface area contributed by atoms with E-state index in [1.165, 1.54) is 17.7 Å². The Morgan fingerprint density at radius 2 is 2.16 bits per heavy atom. The van der Waals surface area contributed by atoms with Crippen LogP contribution in [-0.2, 0) is 12.8 Å². The smallest absolute Gasteiger partial charge is 0.128 e. The van der Waals surface area contributed by atoms with Crippen molar-refractivity contribution in [3.05, 3.63) is 23.3 Å². The van der Waals surface area contributed by atoms with Gasteiger partial charge >= 0.3 is 0 Å². The largest absolute Gasteiger partial charge is 0.310 e. The molecular weight excluding hydrogens is 234 g/mol. The van der Waals surface area contributed by atoms with Gasteiger partial charge in [0.25, 0.3) is 0 Å². The molecule has 1 aliphatic carbocycles. The lowest BCUT2D eigenvalue weighted by molar-refractivity contribution is 0.255. The Kier molecular flexibility index (Phi) is 4.24. The minimum Gasteiger partial charge on any atom is -0.310 e. The molecule has 19 heavy (non-hydrogen) atoms. The van der Waals surface area contributed by atoms with Gasteiger partial charge in [0.05, 0.1) is 0 Å². The minimum absolute atomic E-state index is 0.323. The van der Waals surface area contributed by atoms with Gasteiger partial charge in [-0.1, -0.05) is 34.6 Å². The highest BCUT2D eigenvalue weighted by molar-refractivity contribution is 5.26. The Morgan fingerprint density at radius 1 is 1.42 bits per heavy atom. The molecule has 1 heterocycles. The van der Waals surface area contributed by atoms with Gasteiger partial charge in [0.1, 0.15) is 5.82 Å². The molecular formula is C16H27N3. The summed E-state index contributed by atoms with van der Waals surface area (Å²) < 4.78 is 0. The maximum atomic E-state index is 4.83. The monoisotopic (exact) mass is 261 g/mol. The molecule has 1 N–H and O–H groups in total. The number of aromatic nitrogens is 2. The zero-order valence-corrected chi connectivity index (χ0v) is 13.0. The number of rotatable bonds is 4. The van der Waals surface area contributed by atoms with Crippen molar-refractivity contribution in [1.29, 1.82) is 0 Å². The third-order valence-electron chi connectivity index (χ3n) is 3.77. The van der Waals surface area contributed by atoms with Crippen LogP contribution in [0.1, 0.15) is 64.2 Å². The summed E-state index contributed by atoms with van der Waals surface area (Å²) in [5.41, 5.74) is 2.89. The first-order chi connectivity index (χ1) is 8.91. The predicted molar refractivity (Wildman–Crippen MR) is 79.1 cm³/mol. The highest BCUT2D eigenvalue weighted by atomic mass is 14.9. The first-order valence-corrected chi connectivity index (χ1v) is 7.49. The van der Waals surface area contributed by atoms with E-state index in [4.69, 9.17) is 4.98 Å². The lowest BCUT2D eigenvalue weighted by Gasteiger charge is -2.36. The normalized spacial score (nSPS) is 21.5. The fourth-order valence-electron chi connectivity index (χ4n) is 2.98. The maximum Gasteiger partial charge on any atom is 0.128 e. The van der Waals surface area contributed by atoms with E-state index in [0.29, 0.717) is 17.4 Å². The molecule has 106 valence electrons. The molecule has 1 unspecified atom stereocenters. The van der Waals surface area contributed by atoms with Crippen LogP contribution in [0.25, 0.3) is 0 Å². The summed E-state index contributed by atoms with van der Waals surface area (Å²) in [5.74, 6) is 1.61. The topological polar surface area (TPSA) is 37.8 Å². The van der Waals surface area contributed by atoms with Crippen molar-refractivity contribution < 1.29 is 0 Å². The molecule has 2 rings (SSSR count). The maximum absolute atomic E-state index is 4.83. The van der Waals surface area contributed by atoms with E-state index in [-0.39, 0.29) is 0 Å². The van der Waals surface area contributed by atoms with E-state index in [1.807, 2.05) is 0 Å². The summed E-state index contributed by atoms with van der Waals surface area (Å²) in [7, 11) is 0. The molecule has 0 aromatic carbocycles. The highest BCUT2D eigenvalue weighted by Crippen LogP contribution is 2.39. The van der Waals surface area contributed by atoms with Gasteiger partial charge in [-0.2, -0.15) is 0 Å². The summed E-state index contributed by atoms with van der Waals surface area (Å²) in [6, 6.07) is 0.414. The van der Waals surface area contributed by atoms with E-state index >= 15 is 0 Å². The predicted octanol–water partition coefficient (Wildman–Crippen LogP) is 3.30. The average Bonchev–Trinajstić information content (AvgIpc) is 2.26. The number of fused-ring (bicyclic) bond motifs is 1. The number of hydrogen-bond donors (Lipinski definition) is 1. The molecule has 0 amide bonds. The molecule has 0 saturated carbocycles. The van der Waals surface area contributed by atoms with Crippen LogP contribution in [0.5, 0.6) is 0 Å². The molecule has 0 spiro atoms. The van der Waals surface area contributed by atoms with Crippen molar-refractivity contribution >= 4 is 0 Å². The molecule has 3 heteroatoms. The van der Waals surface area contributed by atoms with Gasteiger partial charge in [0.2, 0.25) is 0 Å². The van der Waals surface area contributed by atoms with Crippen LogP contribution in [0, 0.1) is 11.3 Å². The number of nitrogens with zero attached hydrogens (tertiary/aromatic N) is 2. The molecule has 0 bridgehead atoms. The molecule has 1 aromatic rings. The molecule has 0 saturated heterocycles. The second-order valence-electron chi connectivity index (χ2n) is 6.94. The van der Waals surface area contributed by atoms with Crippen LogP contribution >= 0.6 is 0 Å². The molecule has 1 atom stereocenters. The van der Waals surface area contributed by atoms with Gasteiger partial charge in [-0.25, -0.2) is 9.97 Å². The Bertz CT molecular complexity index is 438. The first kappa shape index (κ1) is 14.4. The fraction of sp³-hybridized carbons (Fsp3) is 0.750. The zero-order valence-electron chi connectivity index (χ0n) is 13.0. The lowest BCUT2D eigenvalue weighted by Crippen LogP contribution is -2.34. The standard InChI is InChI=1S/C16H27N3/c1-6-17-13-8-16(4,5)9-14-12(13)10-18-15(19-14)7-11(2)3/h10-11,13,17H,6-9H2,1-5H3. The second-order valence-corrected chi connectivity index (χ2v) is 6.94. The fourth-order valence-corrected chi connectivity index (χ4v) is 2.98. The van der Waals surface area contributed by atoms with Crippen molar-refractivity contribution in [1.82, 2.24) is 15.3 Å².